The first-order valence-corrected chi connectivity index (χ1v) is 10.3. The third kappa shape index (κ3) is 4.34. The summed E-state index contributed by atoms with van der Waals surface area (Å²) in [4.78, 5) is 43.5. The summed E-state index contributed by atoms with van der Waals surface area (Å²) in [5.41, 5.74) is 3.84. The number of benzene rings is 2. The van der Waals surface area contributed by atoms with E-state index in [2.05, 4.69) is 10.3 Å². The average Bonchev–Trinajstić information content (AvgIpc) is 2.75. The molecular weight excluding hydrogens is 402 g/mol. The third-order valence-corrected chi connectivity index (χ3v) is 5.23. The molecule has 0 unspecified atom stereocenters. The molecule has 32 heavy (non-hydrogen) atoms. The Balaban J connectivity index is 1.76. The molecule has 1 amide bonds. The van der Waals surface area contributed by atoms with E-state index in [1.165, 1.54) is 6.20 Å². The lowest BCUT2D eigenvalue weighted by molar-refractivity contribution is -0.116. The van der Waals surface area contributed by atoms with Crippen LogP contribution in [0.5, 0.6) is 0 Å². The molecule has 1 N–H and O–H groups in total. The van der Waals surface area contributed by atoms with E-state index in [0.29, 0.717) is 28.0 Å². The molecule has 0 spiro atoms. The van der Waals surface area contributed by atoms with Crippen LogP contribution in [0.3, 0.4) is 0 Å². The Bertz CT molecular complexity index is 1400. The first kappa shape index (κ1) is 21.2. The van der Waals surface area contributed by atoms with Crippen molar-refractivity contribution in [2.75, 3.05) is 5.32 Å². The van der Waals surface area contributed by atoms with E-state index in [9.17, 15) is 14.4 Å². The van der Waals surface area contributed by atoms with Gasteiger partial charge in [-0.2, -0.15) is 0 Å². The highest BCUT2D eigenvalue weighted by Crippen LogP contribution is 2.15. The maximum Gasteiger partial charge on any atom is 0.244 e. The average molecular weight is 425 g/mol. The molecule has 0 saturated heterocycles. The zero-order chi connectivity index (χ0) is 22.8. The number of hydrogen-bond donors (Lipinski definition) is 1. The summed E-state index contributed by atoms with van der Waals surface area (Å²) in [6, 6.07) is 17.9. The number of carbonyl (C=O) groups is 2. The van der Waals surface area contributed by atoms with Crippen molar-refractivity contribution in [1.29, 1.82) is 0 Å². The van der Waals surface area contributed by atoms with Gasteiger partial charge in [0.1, 0.15) is 12.2 Å². The van der Waals surface area contributed by atoms with Crippen molar-refractivity contribution in [2.45, 2.75) is 27.3 Å². The van der Waals surface area contributed by atoms with Crippen LogP contribution >= 0.6 is 0 Å². The number of nitrogens with zero attached hydrogens (tertiary/aromatic N) is 2. The standard InChI is InChI=1S/C26H23N3O3/c1-16-7-10-19(11-8-16)24(31)22-14-29(26-21(25(22)32)12-9-18(3)27-26)15-23(30)28-20-6-4-5-17(2)13-20/h4-14H,15H2,1-3H3,(H,28,30). The lowest BCUT2D eigenvalue weighted by Gasteiger charge is -2.13. The number of aromatic nitrogens is 2. The smallest absolute Gasteiger partial charge is 0.244 e. The van der Waals surface area contributed by atoms with Gasteiger partial charge in [0.05, 0.1) is 10.9 Å². The van der Waals surface area contributed by atoms with E-state index in [1.807, 2.05) is 57.2 Å². The van der Waals surface area contributed by atoms with E-state index in [0.717, 1.165) is 11.1 Å². The molecule has 160 valence electrons. The summed E-state index contributed by atoms with van der Waals surface area (Å²) in [6.45, 7) is 5.60. The Morgan fingerprint density at radius 2 is 1.69 bits per heavy atom. The number of ketones is 1. The van der Waals surface area contributed by atoms with Gasteiger partial charge >= 0.3 is 0 Å². The van der Waals surface area contributed by atoms with Gasteiger partial charge in [0.25, 0.3) is 0 Å². The summed E-state index contributed by atoms with van der Waals surface area (Å²) < 4.78 is 1.57. The molecule has 0 atom stereocenters. The molecule has 0 saturated carbocycles. The van der Waals surface area contributed by atoms with E-state index in [-0.39, 0.29) is 23.8 Å². The maximum atomic E-state index is 13.1. The first-order valence-electron chi connectivity index (χ1n) is 10.3. The minimum Gasteiger partial charge on any atom is -0.325 e. The van der Waals surface area contributed by atoms with Crippen molar-refractivity contribution < 1.29 is 9.59 Å². The molecule has 2 heterocycles. The van der Waals surface area contributed by atoms with Crippen LogP contribution in [-0.4, -0.2) is 21.2 Å². The van der Waals surface area contributed by atoms with Crippen LogP contribution in [0.2, 0.25) is 0 Å². The highest BCUT2D eigenvalue weighted by Gasteiger charge is 2.19. The number of hydrogen-bond acceptors (Lipinski definition) is 4. The van der Waals surface area contributed by atoms with Gasteiger partial charge in [-0.3, -0.25) is 14.4 Å². The molecule has 6 heteroatoms. The fourth-order valence-corrected chi connectivity index (χ4v) is 3.58. The molecule has 6 nitrogen and oxygen atoms in total. The quantitative estimate of drug-likeness (QED) is 0.486. The number of pyridine rings is 2. The fourth-order valence-electron chi connectivity index (χ4n) is 3.58. The van der Waals surface area contributed by atoms with E-state index in [4.69, 9.17) is 0 Å². The van der Waals surface area contributed by atoms with Crippen LogP contribution in [0.25, 0.3) is 11.0 Å². The Labute approximate surface area is 185 Å². The SMILES string of the molecule is Cc1ccc(C(=O)c2cn(CC(=O)Nc3cccc(C)c3)c3nc(C)ccc3c2=O)cc1. The molecule has 0 aliphatic carbocycles. The number of fused-ring (bicyclic) bond motifs is 1. The van der Waals surface area contributed by atoms with Gasteiger partial charge in [-0.15, -0.1) is 0 Å². The predicted octanol–water partition coefficient (Wildman–Crippen LogP) is 4.19. The second kappa shape index (κ2) is 8.59. The number of rotatable bonds is 5. The van der Waals surface area contributed by atoms with E-state index >= 15 is 0 Å². The molecule has 2 aromatic carbocycles. The van der Waals surface area contributed by atoms with Gasteiger partial charge < -0.3 is 9.88 Å². The minimum atomic E-state index is -0.395. The number of carbonyl (C=O) groups excluding carboxylic acids is 2. The Hall–Kier alpha value is -4.06. The van der Waals surface area contributed by atoms with Gasteiger partial charge in [-0.05, 0) is 50.6 Å². The first-order chi connectivity index (χ1) is 15.3. The molecule has 4 rings (SSSR count). The second-order valence-electron chi connectivity index (χ2n) is 7.94. The largest absolute Gasteiger partial charge is 0.325 e. The monoisotopic (exact) mass is 425 g/mol. The number of amides is 1. The Morgan fingerprint density at radius 3 is 2.41 bits per heavy atom. The van der Waals surface area contributed by atoms with Crippen molar-refractivity contribution in [2.24, 2.45) is 0 Å². The highest BCUT2D eigenvalue weighted by atomic mass is 16.2. The highest BCUT2D eigenvalue weighted by molar-refractivity contribution is 6.10. The number of aryl methyl sites for hydroxylation is 3. The zero-order valence-corrected chi connectivity index (χ0v) is 18.2. The second-order valence-corrected chi connectivity index (χ2v) is 7.94. The third-order valence-electron chi connectivity index (χ3n) is 5.23. The zero-order valence-electron chi connectivity index (χ0n) is 18.2. The van der Waals surface area contributed by atoms with Gasteiger partial charge in [0.15, 0.2) is 5.78 Å². The topological polar surface area (TPSA) is 81.1 Å². The van der Waals surface area contributed by atoms with Crippen molar-refractivity contribution in [1.82, 2.24) is 9.55 Å². The van der Waals surface area contributed by atoms with Gasteiger partial charge in [-0.25, -0.2) is 4.98 Å². The predicted molar refractivity (Wildman–Crippen MR) is 125 cm³/mol. The van der Waals surface area contributed by atoms with Crippen LogP contribution < -0.4 is 10.7 Å². The van der Waals surface area contributed by atoms with Gasteiger partial charge in [-0.1, -0.05) is 42.0 Å². The van der Waals surface area contributed by atoms with Crippen molar-refractivity contribution in [3.05, 3.63) is 105 Å². The molecule has 4 aromatic rings. The molecule has 0 aliphatic heterocycles. The van der Waals surface area contributed by atoms with Crippen LogP contribution in [-0.2, 0) is 11.3 Å². The van der Waals surface area contributed by atoms with E-state index < -0.39 is 5.43 Å². The summed E-state index contributed by atoms with van der Waals surface area (Å²) in [7, 11) is 0. The number of nitrogens with one attached hydrogen (secondary N) is 1. The lowest BCUT2D eigenvalue weighted by Crippen LogP contribution is -2.25. The molecule has 0 fully saturated rings. The normalized spacial score (nSPS) is 10.8. The molecule has 0 radical (unpaired) electrons. The van der Waals surface area contributed by atoms with E-state index in [1.54, 1.807) is 28.8 Å². The Kier molecular flexibility index (Phi) is 5.69. The minimum absolute atomic E-state index is 0.00959. The lowest BCUT2D eigenvalue weighted by atomic mass is 10.0. The van der Waals surface area contributed by atoms with Crippen LogP contribution in [0.4, 0.5) is 5.69 Å². The summed E-state index contributed by atoms with van der Waals surface area (Å²) >= 11 is 0. The molecular formula is C26H23N3O3. The van der Waals surface area contributed by atoms with Crippen LogP contribution in [0, 0.1) is 20.8 Å². The van der Waals surface area contributed by atoms with Gasteiger partial charge in [0.2, 0.25) is 11.3 Å². The molecule has 0 aliphatic rings. The van der Waals surface area contributed by atoms with Crippen molar-refractivity contribution >= 4 is 28.4 Å². The summed E-state index contributed by atoms with van der Waals surface area (Å²) in [5, 5.41) is 3.16. The van der Waals surface area contributed by atoms with Crippen LogP contribution in [0.1, 0.15) is 32.7 Å². The van der Waals surface area contributed by atoms with Crippen molar-refractivity contribution in [3.63, 3.8) is 0 Å². The summed E-state index contributed by atoms with van der Waals surface area (Å²) in [6.07, 6.45) is 1.44. The number of anilines is 1. The maximum absolute atomic E-state index is 13.1. The molecule has 0 bridgehead atoms. The van der Waals surface area contributed by atoms with Crippen LogP contribution in [0.15, 0.2) is 71.7 Å². The molecule has 2 aromatic heterocycles. The Morgan fingerprint density at radius 1 is 0.938 bits per heavy atom. The summed E-state index contributed by atoms with van der Waals surface area (Å²) in [5.74, 6) is -0.664. The van der Waals surface area contributed by atoms with Gasteiger partial charge in [0, 0.05) is 23.1 Å². The van der Waals surface area contributed by atoms with Crippen molar-refractivity contribution in [3.8, 4) is 0 Å². The fraction of sp³-hybridized carbons (Fsp3) is 0.154.